The van der Waals surface area contributed by atoms with Crippen molar-refractivity contribution in [1.29, 1.82) is 0 Å². The van der Waals surface area contributed by atoms with Gasteiger partial charge in [0, 0.05) is 18.7 Å². The van der Waals surface area contributed by atoms with Gasteiger partial charge in [0.2, 0.25) is 0 Å². The highest BCUT2D eigenvalue weighted by Crippen LogP contribution is 2.16. The molecular weight excluding hydrogens is 248 g/mol. The third-order valence-corrected chi connectivity index (χ3v) is 3.95. The molecule has 1 aromatic heterocycles. The van der Waals surface area contributed by atoms with Crippen molar-refractivity contribution >= 4 is 5.78 Å². The molecule has 0 saturated carbocycles. The molecule has 0 saturated heterocycles. The lowest BCUT2D eigenvalue weighted by atomic mass is 10.1. The molecule has 3 heteroatoms. The summed E-state index contributed by atoms with van der Waals surface area (Å²) in [6, 6.07) is 0. The van der Waals surface area contributed by atoms with Crippen molar-refractivity contribution in [3.05, 3.63) is 17.0 Å². The Labute approximate surface area is 123 Å². The summed E-state index contributed by atoms with van der Waals surface area (Å²) in [5.74, 6) is 0.214. The average Bonchev–Trinajstić information content (AvgIpc) is 2.72. The zero-order valence-electron chi connectivity index (χ0n) is 13.7. The molecule has 20 heavy (non-hydrogen) atoms. The van der Waals surface area contributed by atoms with E-state index < -0.39 is 0 Å². The lowest BCUT2D eigenvalue weighted by Gasteiger charge is -2.05. The first-order valence-corrected chi connectivity index (χ1v) is 8.19. The molecule has 0 unspecified atom stereocenters. The van der Waals surface area contributed by atoms with Gasteiger partial charge in [0.25, 0.3) is 0 Å². The molecule has 1 rings (SSSR count). The summed E-state index contributed by atoms with van der Waals surface area (Å²) in [5.41, 5.74) is 2.77. The second-order valence-electron chi connectivity index (χ2n) is 5.67. The minimum absolute atomic E-state index is 0.214. The van der Waals surface area contributed by atoms with Gasteiger partial charge in [-0.2, -0.15) is 5.10 Å². The number of aryl methyl sites for hydroxylation is 2. The van der Waals surface area contributed by atoms with E-state index in [9.17, 15) is 4.79 Å². The van der Waals surface area contributed by atoms with E-state index in [1.807, 2.05) is 25.5 Å². The van der Waals surface area contributed by atoms with Crippen LogP contribution in [0.15, 0.2) is 0 Å². The van der Waals surface area contributed by atoms with Gasteiger partial charge in [-0.25, -0.2) is 0 Å². The maximum atomic E-state index is 11.9. The number of hydrogen-bond acceptors (Lipinski definition) is 2. The number of ketones is 1. The highest BCUT2D eigenvalue weighted by molar-refractivity contribution is 5.97. The maximum absolute atomic E-state index is 11.9. The van der Waals surface area contributed by atoms with E-state index in [-0.39, 0.29) is 5.78 Å². The quantitative estimate of drug-likeness (QED) is 0.453. The fraction of sp³-hybridized carbons (Fsp3) is 0.765. The molecule has 114 valence electrons. The van der Waals surface area contributed by atoms with Crippen molar-refractivity contribution in [2.45, 2.75) is 85.6 Å². The van der Waals surface area contributed by atoms with Crippen molar-refractivity contribution in [3.63, 3.8) is 0 Å². The largest absolute Gasteiger partial charge is 0.294 e. The number of aromatic nitrogens is 2. The molecule has 0 spiro atoms. The second kappa shape index (κ2) is 8.93. The summed E-state index contributed by atoms with van der Waals surface area (Å²) < 4.78 is 2.02. The van der Waals surface area contributed by atoms with Crippen molar-refractivity contribution in [1.82, 2.24) is 9.78 Å². The summed E-state index contributed by atoms with van der Waals surface area (Å²) in [7, 11) is 0. The fourth-order valence-corrected chi connectivity index (χ4v) is 2.71. The Kier molecular flexibility index (Phi) is 7.56. The Morgan fingerprint density at radius 3 is 2.20 bits per heavy atom. The number of unbranched alkanes of at least 4 members (excludes halogenated alkanes) is 6. The molecule has 0 N–H and O–H groups in total. The Balaban J connectivity index is 2.39. The van der Waals surface area contributed by atoms with Crippen molar-refractivity contribution in [2.75, 3.05) is 0 Å². The molecule has 0 aromatic carbocycles. The molecule has 0 bridgehead atoms. The molecule has 0 radical (unpaired) electrons. The minimum Gasteiger partial charge on any atom is -0.294 e. The molecule has 0 amide bonds. The molecule has 3 nitrogen and oxygen atoms in total. The van der Waals surface area contributed by atoms with Gasteiger partial charge in [-0.1, -0.05) is 52.4 Å². The Hall–Kier alpha value is -1.12. The van der Waals surface area contributed by atoms with Crippen molar-refractivity contribution < 1.29 is 4.79 Å². The van der Waals surface area contributed by atoms with Crippen molar-refractivity contribution in [2.24, 2.45) is 0 Å². The van der Waals surface area contributed by atoms with E-state index in [1.165, 1.54) is 38.5 Å². The second-order valence-corrected chi connectivity index (χ2v) is 5.67. The van der Waals surface area contributed by atoms with Crippen LogP contribution >= 0.6 is 0 Å². The SMILES string of the molecule is CCCCCCCCCn1nc(C)c(C(=O)CC)c1C. The number of carbonyl (C=O) groups excluding carboxylic acids is 1. The highest BCUT2D eigenvalue weighted by Gasteiger charge is 2.16. The van der Waals surface area contributed by atoms with Gasteiger partial charge in [-0.3, -0.25) is 9.48 Å². The van der Waals surface area contributed by atoms with E-state index in [1.54, 1.807) is 0 Å². The zero-order chi connectivity index (χ0) is 15.0. The van der Waals surface area contributed by atoms with Crippen LogP contribution in [0.25, 0.3) is 0 Å². The summed E-state index contributed by atoms with van der Waals surface area (Å²) in [6.45, 7) is 9.06. The number of rotatable bonds is 10. The standard InChI is InChI=1S/C17H30N2O/c1-5-7-8-9-10-11-12-13-19-15(4)17(14(3)18-19)16(20)6-2/h5-13H2,1-4H3. The lowest BCUT2D eigenvalue weighted by Crippen LogP contribution is -2.05. The van der Waals surface area contributed by atoms with Crippen LogP contribution < -0.4 is 0 Å². The molecular formula is C17H30N2O. The normalized spacial score (nSPS) is 11.0. The number of nitrogens with zero attached hydrogens (tertiary/aromatic N) is 2. The van der Waals surface area contributed by atoms with Crippen LogP contribution in [0.3, 0.4) is 0 Å². The van der Waals surface area contributed by atoms with Crippen LogP contribution in [0.5, 0.6) is 0 Å². The van der Waals surface area contributed by atoms with E-state index >= 15 is 0 Å². The first-order chi connectivity index (χ1) is 9.61. The van der Waals surface area contributed by atoms with E-state index in [0.29, 0.717) is 6.42 Å². The molecule has 0 atom stereocenters. The zero-order valence-corrected chi connectivity index (χ0v) is 13.7. The summed E-state index contributed by atoms with van der Waals surface area (Å²) >= 11 is 0. The van der Waals surface area contributed by atoms with Crippen LogP contribution in [-0.4, -0.2) is 15.6 Å². The molecule has 0 aliphatic carbocycles. The monoisotopic (exact) mass is 278 g/mol. The van der Waals surface area contributed by atoms with Crippen molar-refractivity contribution in [3.8, 4) is 0 Å². The summed E-state index contributed by atoms with van der Waals surface area (Å²) in [4.78, 5) is 11.9. The van der Waals surface area contributed by atoms with Gasteiger partial charge in [-0.05, 0) is 20.3 Å². The third kappa shape index (κ3) is 4.77. The number of carbonyl (C=O) groups is 1. The predicted molar refractivity (Wildman–Crippen MR) is 84.3 cm³/mol. The first kappa shape index (κ1) is 16.9. The van der Waals surface area contributed by atoms with Gasteiger partial charge >= 0.3 is 0 Å². The van der Waals surface area contributed by atoms with E-state index in [2.05, 4.69) is 12.0 Å². The lowest BCUT2D eigenvalue weighted by molar-refractivity contribution is 0.0987. The van der Waals surface area contributed by atoms with E-state index in [0.717, 1.165) is 29.9 Å². The Bertz CT molecular complexity index is 421. The predicted octanol–water partition coefficient (Wildman–Crippen LogP) is 4.84. The Morgan fingerprint density at radius 1 is 1.00 bits per heavy atom. The maximum Gasteiger partial charge on any atom is 0.166 e. The van der Waals surface area contributed by atoms with Crippen LogP contribution in [0.4, 0.5) is 0 Å². The van der Waals surface area contributed by atoms with Gasteiger partial charge in [0.15, 0.2) is 5.78 Å². The number of Topliss-reactive ketones (excluding diaryl/α,β-unsaturated/α-hetero) is 1. The Morgan fingerprint density at radius 2 is 1.60 bits per heavy atom. The first-order valence-electron chi connectivity index (χ1n) is 8.19. The smallest absolute Gasteiger partial charge is 0.166 e. The van der Waals surface area contributed by atoms with Gasteiger partial charge in [-0.15, -0.1) is 0 Å². The topological polar surface area (TPSA) is 34.9 Å². The molecule has 0 aliphatic rings. The highest BCUT2D eigenvalue weighted by atomic mass is 16.1. The van der Waals surface area contributed by atoms with Gasteiger partial charge < -0.3 is 0 Å². The number of hydrogen-bond donors (Lipinski definition) is 0. The summed E-state index contributed by atoms with van der Waals surface area (Å²) in [6.07, 6.45) is 9.69. The molecule has 1 aromatic rings. The summed E-state index contributed by atoms with van der Waals surface area (Å²) in [5, 5.41) is 4.52. The average molecular weight is 278 g/mol. The van der Waals surface area contributed by atoms with Crippen LogP contribution in [0, 0.1) is 13.8 Å². The molecule has 1 heterocycles. The third-order valence-electron chi connectivity index (χ3n) is 3.95. The van der Waals surface area contributed by atoms with Gasteiger partial charge in [0.1, 0.15) is 0 Å². The van der Waals surface area contributed by atoms with Crippen LogP contribution in [0.1, 0.15) is 87.0 Å². The molecule has 0 aliphatic heterocycles. The fourth-order valence-electron chi connectivity index (χ4n) is 2.71. The molecule has 0 fully saturated rings. The van der Waals surface area contributed by atoms with Crippen LogP contribution in [0.2, 0.25) is 0 Å². The van der Waals surface area contributed by atoms with Gasteiger partial charge in [0.05, 0.1) is 11.3 Å². The van der Waals surface area contributed by atoms with E-state index in [4.69, 9.17) is 0 Å². The van der Waals surface area contributed by atoms with Crippen LogP contribution in [-0.2, 0) is 6.54 Å². The minimum atomic E-state index is 0.214.